The first-order chi connectivity index (χ1) is 12.1. The molecule has 1 aromatic carbocycles. The summed E-state index contributed by atoms with van der Waals surface area (Å²) in [4.78, 5) is 35.4. The van der Waals surface area contributed by atoms with Crippen LogP contribution in [0.2, 0.25) is 5.02 Å². The van der Waals surface area contributed by atoms with Crippen molar-refractivity contribution in [1.29, 1.82) is 0 Å². The lowest BCUT2D eigenvalue weighted by atomic mass is 10.2. The molecule has 1 aromatic heterocycles. The number of benzene rings is 1. The predicted octanol–water partition coefficient (Wildman–Crippen LogP) is 2.95. The summed E-state index contributed by atoms with van der Waals surface area (Å²) >= 11 is 5.85. The Bertz CT molecular complexity index is 909. The van der Waals surface area contributed by atoms with E-state index in [1.54, 1.807) is 0 Å². The van der Waals surface area contributed by atoms with Crippen LogP contribution in [-0.2, 0) is 22.3 Å². The lowest BCUT2D eigenvalue weighted by Gasteiger charge is -2.11. The lowest BCUT2D eigenvalue weighted by molar-refractivity contribution is -0.139. The molecule has 0 aliphatic heterocycles. The number of methoxy groups -OCH3 is 1. The summed E-state index contributed by atoms with van der Waals surface area (Å²) in [5, 5.41) is 2.48. The van der Waals surface area contributed by atoms with Crippen molar-refractivity contribution in [3.8, 4) is 0 Å². The fraction of sp³-hybridized carbons (Fsp3) is 0.188. The zero-order chi connectivity index (χ0) is 19.5. The van der Waals surface area contributed by atoms with E-state index in [1.165, 1.54) is 18.2 Å². The summed E-state index contributed by atoms with van der Waals surface area (Å²) in [6, 6.07) is 5.65. The molecule has 10 heteroatoms. The van der Waals surface area contributed by atoms with Gasteiger partial charge in [-0.05, 0) is 30.3 Å². The van der Waals surface area contributed by atoms with Crippen LogP contribution in [0, 0.1) is 0 Å². The molecule has 0 saturated heterocycles. The normalized spacial score (nSPS) is 11.1. The topological polar surface area (TPSA) is 77.4 Å². The molecule has 6 nitrogen and oxygen atoms in total. The van der Waals surface area contributed by atoms with Gasteiger partial charge in [-0.15, -0.1) is 0 Å². The monoisotopic (exact) mass is 388 g/mol. The second-order valence-corrected chi connectivity index (χ2v) is 5.49. The van der Waals surface area contributed by atoms with E-state index in [0.717, 1.165) is 19.4 Å². The number of nitrogens with one attached hydrogen (secondary N) is 1. The van der Waals surface area contributed by atoms with Crippen molar-refractivity contribution in [1.82, 2.24) is 4.57 Å². The molecule has 0 atom stereocenters. The number of ether oxygens (including phenoxy) is 1. The molecule has 0 unspecified atom stereocenters. The Labute approximate surface area is 150 Å². The highest BCUT2D eigenvalue weighted by molar-refractivity contribution is 6.33. The Kier molecular flexibility index (Phi) is 5.71. The van der Waals surface area contributed by atoms with Crippen LogP contribution >= 0.6 is 11.6 Å². The summed E-state index contributed by atoms with van der Waals surface area (Å²) < 4.78 is 43.4. The predicted molar refractivity (Wildman–Crippen MR) is 87.1 cm³/mol. The van der Waals surface area contributed by atoms with Gasteiger partial charge in [0.15, 0.2) is 0 Å². The standard InChI is InChI=1S/C16H12ClF3N2O4/c1-26-15(25)10-7-9(4-5-12(10)17)21-13(23)8-22-6-2-3-11(14(22)24)16(18,19)20/h2-7H,8H2,1H3,(H,21,23). The van der Waals surface area contributed by atoms with E-state index < -0.39 is 35.7 Å². The SMILES string of the molecule is COC(=O)c1cc(NC(=O)Cn2cccc(C(F)(F)F)c2=O)ccc1Cl. The number of pyridine rings is 1. The van der Waals surface area contributed by atoms with Crippen LogP contribution in [-0.4, -0.2) is 23.6 Å². The molecule has 0 radical (unpaired) electrons. The molecular weight excluding hydrogens is 377 g/mol. The molecule has 1 N–H and O–H groups in total. The van der Waals surface area contributed by atoms with E-state index in [1.807, 2.05) is 0 Å². The van der Waals surface area contributed by atoms with E-state index in [4.69, 9.17) is 11.6 Å². The van der Waals surface area contributed by atoms with Crippen LogP contribution in [0.5, 0.6) is 0 Å². The first kappa shape index (κ1) is 19.5. The van der Waals surface area contributed by atoms with E-state index >= 15 is 0 Å². The number of halogens is 4. The Morgan fingerprint density at radius 2 is 1.96 bits per heavy atom. The molecule has 2 aromatic rings. The smallest absolute Gasteiger partial charge is 0.421 e. The highest BCUT2D eigenvalue weighted by Gasteiger charge is 2.34. The Balaban J connectivity index is 2.20. The van der Waals surface area contributed by atoms with Crippen molar-refractivity contribution < 1.29 is 27.5 Å². The molecule has 0 aliphatic rings. The van der Waals surface area contributed by atoms with Gasteiger partial charge in [0.25, 0.3) is 5.56 Å². The molecule has 1 heterocycles. The van der Waals surface area contributed by atoms with Gasteiger partial charge in [0.05, 0.1) is 17.7 Å². The number of rotatable bonds is 4. The highest BCUT2D eigenvalue weighted by atomic mass is 35.5. The first-order valence-electron chi connectivity index (χ1n) is 7.08. The minimum Gasteiger partial charge on any atom is -0.465 e. The number of carbonyl (C=O) groups excluding carboxylic acids is 2. The molecule has 0 spiro atoms. The van der Waals surface area contributed by atoms with Crippen molar-refractivity contribution >= 4 is 29.2 Å². The van der Waals surface area contributed by atoms with Crippen LogP contribution in [0.25, 0.3) is 0 Å². The maximum atomic E-state index is 12.7. The zero-order valence-corrected chi connectivity index (χ0v) is 14.0. The summed E-state index contributed by atoms with van der Waals surface area (Å²) in [7, 11) is 1.16. The van der Waals surface area contributed by atoms with Crippen molar-refractivity contribution in [3.05, 3.63) is 63.0 Å². The summed E-state index contributed by atoms with van der Waals surface area (Å²) in [5.41, 5.74) is -2.53. The second kappa shape index (κ2) is 7.61. The van der Waals surface area contributed by atoms with Crippen LogP contribution < -0.4 is 10.9 Å². The van der Waals surface area contributed by atoms with E-state index in [9.17, 15) is 27.6 Å². The maximum absolute atomic E-state index is 12.7. The van der Waals surface area contributed by atoms with Crippen molar-refractivity contribution in [3.63, 3.8) is 0 Å². The number of hydrogen-bond acceptors (Lipinski definition) is 4. The average molecular weight is 389 g/mol. The largest absolute Gasteiger partial charge is 0.465 e. The summed E-state index contributed by atoms with van der Waals surface area (Å²) in [5.74, 6) is -1.48. The summed E-state index contributed by atoms with van der Waals surface area (Å²) in [6.45, 7) is -0.640. The van der Waals surface area contributed by atoms with Crippen molar-refractivity contribution in [2.75, 3.05) is 12.4 Å². The number of nitrogens with zero attached hydrogens (tertiary/aromatic N) is 1. The zero-order valence-electron chi connectivity index (χ0n) is 13.3. The number of carbonyl (C=O) groups is 2. The van der Waals surface area contributed by atoms with Crippen LogP contribution in [0.1, 0.15) is 15.9 Å². The van der Waals surface area contributed by atoms with E-state index in [-0.39, 0.29) is 16.3 Å². The third kappa shape index (κ3) is 4.42. The molecule has 0 aliphatic carbocycles. The Hall–Kier alpha value is -2.81. The average Bonchev–Trinajstić information content (AvgIpc) is 2.56. The van der Waals surface area contributed by atoms with Crippen molar-refractivity contribution in [2.45, 2.75) is 12.7 Å². The lowest BCUT2D eigenvalue weighted by Crippen LogP contribution is -2.31. The first-order valence-corrected chi connectivity index (χ1v) is 7.45. The molecule has 0 saturated carbocycles. The van der Waals surface area contributed by atoms with Gasteiger partial charge in [-0.2, -0.15) is 13.2 Å². The van der Waals surface area contributed by atoms with Gasteiger partial charge < -0.3 is 14.6 Å². The highest BCUT2D eigenvalue weighted by Crippen LogP contribution is 2.26. The fourth-order valence-corrected chi connectivity index (χ4v) is 2.30. The third-order valence-electron chi connectivity index (χ3n) is 3.29. The molecule has 2 rings (SSSR count). The van der Waals surface area contributed by atoms with Crippen molar-refractivity contribution in [2.24, 2.45) is 0 Å². The van der Waals surface area contributed by atoms with E-state index in [2.05, 4.69) is 10.1 Å². The number of alkyl halides is 3. The van der Waals surface area contributed by atoms with Gasteiger partial charge in [0.1, 0.15) is 12.1 Å². The van der Waals surface area contributed by atoms with Gasteiger partial charge in [-0.25, -0.2) is 4.79 Å². The van der Waals surface area contributed by atoms with Gasteiger partial charge >= 0.3 is 12.1 Å². The molecule has 0 bridgehead atoms. The molecule has 1 amide bonds. The summed E-state index contributed by atoms with van der Waals surface area (Å²) in [6.07, 6.45) is -3.75. The Morgan fingerprint density at radius 1 is 1.27 bits per heavy atom. The van der Waals surface area contributed by atoms with Crippen LogP contribution in [0.3, 0.4) is 0 Å². The molecule has 26 heavy (non-hydrogen) atoms. The van der Waals surface area contributed by atoms with Gasteiger partial charge in [0.2, 0.25) is 5.91 Å². The molecule has 0 fully saturated rings. The molecule has 138 valence electrons. The van der Waals surface area contributed by atoms with Crippen LogP contribution in [0.15, 0.2) is 41.3 Å². The van der Waals surface area contributed by atoms with Gasteiger partial charge in [-0.1, -0.05) is 11.6 Å². The van der Waals surface area contributed by atoms with E-state index in [0.29, 0.717) is 10.6 Å². The fourth-order valence-electron chi connectivity index (χ4n) is 2.10. The number of esters is 1. The van der Waals surface area contributed by atoms with Gasteiger partial charge in [0, 0.05) is 11.9 Å². The van der Waals surface area contributed by atoms with Gasteiger partial charge in [-0.3, -0.25) is 9.59 Å². The number of amides is 1. The van der Waals surface area contributed by atoms with Crippen LogP contribution in [0.4, 0.5) is 18.9 Å². The maximum Gasteiger partial charge on any atom is 0.421 e. The second-order valence-electron chi connectivity index (χ2n) is 5.09. The number of hydrogen-bond donors (Lipinski definition) is 1. The minimum atomic E-state index is -4.82. The molecular formula is C16H12ClF3N2O4. The Morgan fingerprint density at radius 3 is 2.58 bits per heavy atom. The number of aromatic nitrogens is 1. The quantitative estimate of drug-likeness (QED) is 0.817. The number of anilines is 1. The third-order valence-corrected chi connectivity index (χ3v) is 3.62. The minimum absolute atomic E-state index is 0.00297.